The van der Waals surface area contributed by atoms with Gasteiger partial charge in [-0.3, -0.25) is 9.89 Å². The van der Waals surface area contributed by atoms with Gasteiger partial charge in [-0.15, -0.1) is 35.3 Å². The monoisotopic (exact) mass is 479 g/mol. The number of nitrogens with one attached hydrogen (secondary N) is 2. The second-order valence-electron chi connectivity index (χ2n) is 6.93. The third kappa shape index (κ3) is 7.78. The summed E-state index contributed by atoms with van der Waals surface area (Å²) < 4.78 is 0. The number of guanidine groups is 1. The van der Waals surface area contributed by atoms with Gasteiger partial charge in [0.15, 0.2) is 5.96 Å². The molecule has 1 aliphatic heterocycles. The van der Waals surface area contributed by atoms with Crippen molar-refractivity contribution >= 4 is 41.3 Å². The molecule has 0 aliphatic carbocycles. The zero-order chi connectivity index (χ0) is 17.4. The molecule has 0 aromatic carbocycles. The molecule has 2 heterocycles. The number of halogens is 1. The summed E-state index contributed by atoms with van der Waals surface area (Å²) in [5, 5.41) is 8.00. The van der Waals surface area contributed by atoms with Crippen LogP contribution in [0.3, 0.4) is 0 Å². The predicted octanol–water partition coefficient (Wildman–Crippen LogP) is 3.64. The molecule has 1 aromatic rings. The van der Waals surface area contributed by atoms with E-state index in [-0.39, 0.29) is 24.0 Å². The van der Waals surface area contributed by atoms with Gasteiger partial charge in [0.1, 0.15) is 5.01 Å². The highest BCUT2D eigenvalue weighted by molar-refractivity contribution is 14.0. The minimum absolute atomic E-state index is 0. The molecule has 1 fully saturated rings. The van der Waals surface area contributed by atoms with Crippen LogP contribution in [0, 0.1) is 12.8 Å². The number of likely N-dealkylation sites (tertiary alicyclic amines) is 1. The largest absolute Gasteiger partial charge is 0.355 e. The Hall–Kier alpha value is -0.410. The molecule has 0 saturated carbocycles. The van der Waals surface area contributed by atoms with Crippen molar-refractivity contribution in [2.75, 3.05) is 26.7 Å². The maximum absolute atomic E-state index is 4.39. The Morgan fingerprint density at radius 3 is 2.44 bits per heavy atom. The molecule has 1 atom stereocenters. The van der Waals surface area contributed by atoms with Crippen molar-refractivity contribution in [3.8, 4) is 0 Å². The van der Waals surface area contributed by atoms with Gasteiger partial charge in [-0.25, -0.2) is 4.98 Å². The molecule has 1 unspecified atom stereocenters. The van der Waals surface area contributed by atoms with Crippen molar-refractivity contribution in [2.24, 2.45) is 10.9 Å². The van der Waals surface area contributed by atoms with Crippen molar-refractivity contribution in [1.29, 1.82) is 0 Å². The van der Waals surface area contributed by atoms with Crippen LogP contribution >= 0.6 is 35.3 Å². The average molecular weight is 479 g/mol. The molecule has 0 radical (unpaired) electrons. The highest BCUT2D eigenvalue weighted by atomic mass is 127. The quantitative estimate of drug-likeness (QED) is 0.372. The SMILES string of the molecule is CN=C(NCc1ncc(C)s1)NCC(C(C)C)N1CCCCCC1.I. The van der Waals surface area contributed by atoms with Crippen molar-refractivity contribution in [3.63, 3.8) is 0 Å². The van der Waals surface area contributed by atoms with Crippen molar-refractivity contribution in [1.82, 2.24) is 20.5 Å². The Morgan fingerprint density at radius 1 is 1.24 bits per heavy atom. The van der Waals surface area contributed by atoms with E-state index >= 15 is 0 Å². The summed E-state index contributed by atoms with van der Waals surface area (Å²) in [7, 11) is 1.83. The summed E-state index contributed by atoms with van der Waals surface area (Å²) in [5.41, 5.74) is 0. The van der Waals surface area contributed by atoms with E-state index in [9.17, 15) is 0 Å². The van der Waals surface area contributed by atoms with Gasteiger partial charge >= 0.3 is 0 Å². The number of aromatic nitrogens is 1. The number of hydrogen-bond acceptors (Lipinski definition) is 4. The number of thiazole rings is 1. The van der Waals surface area contributed by atoms with Crippen LogP contribution in [0.2, 0.25) is 0 Å². The van der Waals surface area contributed by atoms with Gasteiger partial charge in [0.2, 0.25) is 0 Å². The van der Waals surface area contributed by atoms with Crippen LogP contribution in [-0.4, -0.2) is 48.6 Å². The van der Waals surface area contributed by atoms with Gasteiger partial charge in [0.25, 0.3) is 0 Å². The second kappa shape index (κ2) is 12.1. The molecule has 144 valence electrons. The van der Waals surface area contributed by atoms with Crippen molar-refractivity contribution in [3.05, 3.63) is 16.1 Å². The molecule has 1 aromatic heterocycles. The van der Waals surface area contributed by atoms with Gasteiger partial charge in [-0.2, -0.15) is 0 Å². The Balaban J connectivity index is 0.00000312. The first kappa shape index (κ1) is 22.6. The van der Waals surface area contributed by atoms with Crippen LogP contribution in [0.1, 0.15) is 49.4 Å². The van der Waals surface area contributed by atoms with Gasteiger partial charge in [0, 0.05) is 30.7 Å². The summed E-state index contributed by atoms with van der Waals surface area (Å²) in [6.45, 7) is 10.9. The van der Waals surface area contributed by atoms with E-state index in [1.165, 1.54) is 43.6 Å². The van der Waals surface area contributed by atoms with Crippen LogP contribution in [0.15, 0.2) is 11.2 Å². The van der Waals surface area contributed by atoms with Gasteiger partial charge < -0.3 is 10.6 Å². The number of hydrogen-bond donors (Lipinski definition) is 2. The summed E-state index contributed by atoms with van der Waals surface area (Å²) >= 11 is 1.73. The molecule has 0 bridgehead atoms. The molecular weight excluding hydrogens is 445 g/mol. The third-order valence-corrected chi connectivity index (χ3v) is 5.57. The zero-order valence-electron chi connectivity index (χ0n) is 16.0. The number of nitrogens with zero attached hydrogens (tertiary/aromatic N) is 3. The first-order chi connectivity index (χ1) is 11.6. The fourth-order valence-corrected chi connectivity index (χ4v) is 4.00. The van der Waals surface area contributed by atoms with E-state index in [0.29, 0.717) is 12.0 Å². The number of aliphatic imine (C=N–C) groups is 1. The van der Waals surface area contributed by atoms with Crippen LogP contribution < -0.4 is 10.6 Å². The van der Waals surface area contributed by atoms with Crippen LogP contribution in [0.25, 0.3) is 0 Å². The van der Waals surface area contributed by atoms with Crippen LogP contribution in [0.5, 0.6) is 0 Å². The highest BCUT2D eigenvalue weighted by Crippen LogP contribution is 2.17. The minimum atomic E-state index is 0. The highest BCUT2D eigenvalue weighted by Gasteiger charge is 2.22. The normalized spacial score (nSPS) is 17.7. The van der Waals surface area contributed by atoms with Crippen LogP contribution in [-0.2, 0) is 6.54 Å². The van der Waals surface area contributed by atoms with Gasteiger partial charge in [0.05, 0.1) is 6.54 Å². The minimum Gasteiger partial charge on any atom is -0.355 e. The van der Waals surface area contributed by atoms with E-state index in [1.54, 1.807) is 11.3 Å². The third-order valence-electron chi connectivity index (χ3n) is 4.66. The van der Waals surface area contributed by atoms with Crippen molar-refractivity contribution in [2.45, 2.75) is 59.0 Å². The summed E-state index contributed by atoms with van der Waals surface area (Å²) in [6.07, 6.45) is 7.35. The molecule has 25 heavy (non-hydrogen) atoms. The fraction of sp³-hybridized carbons (Fsp3) is 0.778. The van der Waals surface area contributed by atoms with E-state index < -0.39 is 0 Å². The first-order valence-corrected chi connectivity index (χ1v) is 10.0. The molecule has 0 amide bonds. The van der Waals surface area contributed by atoms with E-state index in [4.69, 9.17) is 0 Å². The molecule has 0 spiro atoms. The van der Waals surface area contributed by atoms with E-state index in [2.05, 4.69) is 46.3 Å². The second-order valence-corrected chi connectivity index (χ2v) is 8.25. The standard InChI is InChI=1S/C18H33N5S.HI/c1-14(2)16(23-9-7-5-6-8-10-23)12-21-18(19-4)22-13-17-20-11-15(3)24-17;/h11,14,16H,5-10,12-13H2,1-4H3,(H2,19,21,22);1H. The molecule has 1 aliphatic rings. The zero-order valence-corrected chi connectivity index (χ0v) is 19.2. The molecule has 7 heteroatoms. The van der Waals surface area contributed by atoms with Gasteiger partial charge in [-0.05, 0) is 38.8 Å². The Bertz CT molecular complexity index is 509. The molecule has 2 N–H and O–H groups in total. The molecular formula is C18H34IN5S. The molecule has 2 rings (SSSR count). The van der Waals surface area contributed by atoms with E-state index in [0.717, 1.165) is 24.1 Å². The summed E-state index contributed by atoms with van der Waals surface area (Å²) in [6, 6.07) is 0.559. The van der Waals surface area contributed by atoms with Crippen LogP contribution in [0.4, 0.5) is 0 Å². The lowest BCUT2D eigenvalue weighted by molar-refractivity contribution is 0.161. The Kier molecular flexibility index (Phi) is 10.9. The number of aryl methyl sites for hydroxylation is 1. The number of rotatable bonds is 6. The van der Waals surface area contributed by atoms with Crippen molar-refractivity contribution < 1.29 is 0 Å². The molecule has 5 nitrogen and oxygen atoms in total. The summed E-state index contributed by atoms with van der Waals surface area (Å²) in [4.78, 5) is 12.7. The summed E-state index contributed by atoms with van der Waals surface area (Å²) in [5.74, 6) is 1.50. The average Bonchev–Trinajstić information content (AvgIpc) is 2.81. The maximum atomic E-state index is 4.39. The maximum Gasteiger partial charge on any atom is 0.191 e. The lowest BCUT2D eigenvalue weighted by Crippen LogP contribution is -2.49. The lowest BCUT2D eigenvalue weighted by atomic mass is 10.0. The fourth-order valence-electron chi connectivity index (χ4n) is 3.28. The topological polar surface area (TPSA) is 52.6 Å². The van der Waals surface area contributed by atoms with Gasteiger partial charge in [-0.1, -0.05) is 26.7 Å². The predicted molar refractivity (Wildman–Crippen MR) is 119 cm³/mol. The Morgan fingerprint density at radius 2 is 1.92 bits per heavy atom. The smallest absolute Gasteiger partial charge is 0.191 e. The lowest BCUT2D eigenvalue weighted by Gasteiger charge is -2.34. The molecule has 1 saturated heterocycles. The Labute approximate surface area is 174 Å². The first-order valence-electron chi connectivity index (χ1n) is 9.20. The van der Waals surface area contributed by atoms with E-state index in [1.807, 2.05) is 13.2 Å².